The number of rotatable bonds is 7. The Morgan fingerprint density at radius 2 is 2.04 bits per heavy atom. The molecular weight excluding hydrogens is 354 g/mol. The van der Waals surface area contributed by atoms with Gasteiger partial charge in [-0.05, 0) is 24.6 Å². The summed E-state index contributed by atoms with van der Waals surface area (Å²) in [6.45, 7) is 2.10. The fourth-order valence-electron chi connectivity index (χ4n) is 2.34. The Bertz CT molecular complexity index is 867. The second-order valence-electron chi connectivity index (χ2n) is 5.73. The lowest BCUT2D eigenvalue weighted by molar-refractivity contribution is -0.126. The molecule has 0 unspecified atom stereocenters. The van der Waals surface area contributed by atoms with Crippen LogP contribution in [0.25, 0.3) is 11.4 Å². The minimum absolute atomic E-state index is 0.0471. The van der Waals surface area contributed by atoms with Gasteiger partial charge in [0.2, 0.25) is 17.6 Å². The van der Waals surface area contributed by atoms with Crippen molar-refractivity contribution in [2.75, 3.05) is 6.61 Å². The van der Waals surface area contributed by atoms with Crippen molar-refractivity contribution < 1.29 is 14.1 Å². The van der Waals surface area contributed by atoms with E-state index in [1.807, 2.05) is 42.5 Å². The van der Waals surface area contributed by atoms with Gasteiger partial charge in [0.05, 0.1) is 6.61 Å². The molecule has 3 aromatic rings. The number of benzene rings is 2. The maximum absolute atomic E-state index is 12.0. The van der Waals surface area contributed by atoms with Crippen LogP contribution in [0.1, 0.15) is 24.4 Å². The van der Waals surface area contributed by atoms with Crippen molar-refractivity contribution in [2.45, 2.75) is 19.6 Å². The van der Waals surface area contributed by atoms with Gasteiger partial charge in [-0.3, -0.25) is 4.79 Å². The largest absolute Gasteiger partial charge is 0.367 e. The molecule has 0 spiro atoms. The lowest BCUT2D eigenvalue weighted by Gasteiger charge is -2.10. The van der Waals surface area contributed by atoms with Crippen LogP contribution in [0.2, 0.25) is 5.02 Å². The van der Waals surface area contributed by atoms with Gasteiger partial charge >= 0.3 is 0 Å². The smallest absolute Gasteiger partial charge is 0.249 e. The highest BCUT2D eigenvalue weighted by Crippen LogP contribution is 2.21. The first-order chi connectivity index (χ1) is 12.6. The second kappa shape index (κ2) is 8.60. The summed E-state index contributed by atoms with van der Waals surface area (Å²) in [5, 5.41) is 7.29. The number of nitrogens with one attached hydrogen (secondary N) is 1. The lowest BCUT2D eigenvalue weighted by atomic mass is 10.2. The molecule has 0 aliphatic carbocycles. The van der Waals surface area contributed by atoms with Gasteiger partial charge in [0.25, 0.3) is 0 Å². The van der Waals surface area contributed by atoms with Gasteiger partial charge in [0, 0.05) is 10.6 Å². The van der Waals surface area contributed by atoms with Crippen molar-refractivity contribution in [3.8, 4) is 11.4 Å². The summed E-state index contributed by atoms with van der Waals surface area (Å²) in [6, 6.07) is 16.4. The average molecular weight is 372 g/mol. The number of amides is 1. The van der Waals surface area contributed by atoms with E-state index in [1.165, 1.54) is 0 Å². The number of hydrogen-bond donors (Lipinski definition) is 1. The van der Waals surface area contributed by atoms with Crippen LogP contribution in [-0.2, 0) is 16.1 Å². The molecule has 26 heavy (non-hydrogen) atoms. The van der Waals surface area contributed by atoms with Gasteiger partial charge < -0.3 is 14.6 Å². The van der Waals surface area contributed by atoms with Crippen molar-refractivity contribution in [1.29, 1.82) is 0 Å². The van der Waals surface area contributed by atoms with E-state index in [4.69, 9.17) is 20.9 Å². The van der Waals surface area contributed by atoms with Crippen LogP contribution < -0.4 is 5.32 Å². The summed E-state index contributed by atoms with van der Waals surface area (Å²) in [7, 11) is 0. The molecule has 2 aromatic carbocycles. The molecule has 1 heterocycles. The van der Waals surface area contributed by atoms with E-state index in [0.29, 0.717) is 23.3 Å². The SMILES string of the molecule is C[C@H](NC(=O)COCc1ccccc1)c1nc(-c2cccc(Cl)c2)no1. The second-order valence-corrected chi connectivity index (χ2v) is 6.17. The zero-order chi connectivity index (χ0) is 18.4. The number of aromatic nitrogens is 2. The predicted molar refractivity (Wildman–Crippen MR) is 97.4 cm³/mol. The zero-order valence-corrected chi connectivity index (χ0v) is 14.9. The van der Waals surface area contributed by atoms with Crippen molar-refractivity contribution in [2.24, 2.45) is 0 Å². The van der Waals surface area contributed by atoms with E-state index in [2.05, 4.69) is 15.5 Å². The molecule has 6 nitrogen and oxygen atoms in total. The van der Waals surface area contributed by atoms with Crippen molar-refractivity contribution >= 4 is 17.5 Å². The van der Waals surface area contributed by atoms with Crippen LogP contribution in [0, 0.1) is 0 Å². The summed E-state index contributed by atoms with van der Waals surface area (Å²) in [5.41, 5.74) is 1.76. The molecule has 1 aromatic heterocycles. The fraction of sp³-hybridized carbons (Fsp3) is 0.211. The van der Waals surface area contributed by atoms with Crippen LogP contribution in [0.3, 0.4) is 0 Å². The molecule has 0 saturated heterocycles. The molecule has 0 aliphatic rings. The Kier molecular flexibility index (Phi) is 5.99. The van der Waals surface area contributed by atoms with E-state index in [-0.39, 0.29) is 12.5 Å². The molecule has 0 saturated carbocycles. The van der Waals surface area contributed by atoms with Gasteiger partial charge in [-0.25, -0.2) is 0 Å². The summed E-state index contributed by atoms with van der Waals surface area (Å²) in [6.07, 6.45) is 0. The Hall–Kier alpha value is -2.70. The lowest BCUT2D eigenvalue weighted by Crippen LogP contribution is -2.30. The molecule has 0 fully saturated rings. The number of carbonyl (C=O) groups excluding carboxylic acids is 1. The number of halogens is 1. The van der Waals surface area contributed by atoms with Gasteiger partial charge in [0.1, 0.15) is 12.6 Å². The highest BCUT2D eigenvalue weighted by atomic mass is 35.5. The summed E-state index contributed by atoms with van der Waals surface area (Å²) >= 11 is 5.97. The number of ether oxygens (including phenoxy) is 1. The van der Waals surface area contributed by atoms with Crippen LogP contribution in [0.4, 0.5) is 0 Å². The maximum Gasteiger partial charge on any atom is 0.249 e. The van der Waals surface area contributed by atoms with Crippen molar-refractivity contribution in [3.63, 3.8) is 0 Å². The standard InChI is InChI=1S/C19H18ClN3O3/c1-13(21-17(24)12-25-11-14-6-3-2-4-7-14)19-22-18(23-26-19)15-8-5-9-16(20)10-15/h2-10,13H,11-12H2,1H3,(H,21,24)/t13-/m0/s1. The van der Waals surface area contributed by atoms with E-state index in [1.54, 1.807) is 19.1 Å². The average Bonchev–Trinajstić information content (AvgIpc) is 3.13. The molecule has 0 radical (unpaired) electrons. The third-order valence-corrected chi connectivity index (χ3v) is 3.85. The molecule has 1 amide bonds. The summed E-state index contributed by atoms with van der Waals surface area (Å²) in [4.78, 5) is 16.3. The molecule has 3 rings (SSSR count). The molecule has 0 bridgehead atoms. The molecule has 7 heteroatoms. The Balaban J connectivity index is 1.51. The molecular formula is C19H18ClN3O3. The van der Waals surface area contributed by atoms with Gasteiger partial charge in [0.15, 0.2) is 0 Å². The maximum atomic E-state index is 12.0. The van der Waals surface area contributed by atoms with Gasteiger partial charge in [-0.2, -0.15) is 4.98 Å². The first-order valence-corrected chi connectivity index (χ1v) is 8.50. The predicted octanol–water partition coefficient (Wildman–Crippen LogP) is 3.78. The van der Waals surface area contributed by atoms with Gasteiger partial charge in [-0.15, -0.1) is 0 Å². The highest BCUT2D eigenvalue weighted by molar-refractivity contribution is 6.30. The zero-order valence-electron chi connectivity index (χ0n) is 14.2. The first kappa shape index (κ1) is 18.1. The quantitative estimate of drug-likeness (QED) is 0.683. The van der Waals surface area contributed by atoms with E-state index >= 15 is 0 Å². The van der Waals surface area contributed by atoms with Crippen LogP contribution in [0.5, 0.6) is 0 Å². The van der Waals surface area contributed by atoms with E-state index in [0.717, 1.165) is 11.1 Å². The number of nitrogens with zero attached hydrogens (tertiary/aromatic N) is 2. The Labute approximate surface area is 156 Å². The summed E-state index contributed by atoms with van der Waals surface area (Å²) < 4.78 is 10.6. The number of hydrogen-bond acceptors (Lipinski definition) is 5. The number of carbonyl (C=O) groups is 1. The van der Waals surface area contributed by atoms with E-state index in [9.17, 15) is 4.79 Å². The fourth-order valence-corrected chi connectivity index (χ4v) is 2.53. The summed E-state index contributed by atoms with van der Waals surface area (Å²) in [5.74, 6) is 0.483. The van der Waals surface area contributed by atoms with Crippen molar-refractivity contribution in [3.05, 3.63) is 71.1 Å². The van der Waals surface area contributed by atoms with Crippen LogP contribution in [0.15, 0.2) is 59.1 Å². The van der Waals surface area contributed by atoms with Crippen LogP contribution in [-0.4, -0.2) is 22.7 Å². The molecule has 0 aliphatic heterocycles. The minimum Gasteiger partial charge on any atom is -0.367 e. The third-order valence-electron chi connectivity index (χ3n) is 3.62. The third kappa shape index (κ3) is 4.91. The monoisotopic (exact) mass is 371 g/mol. The minimum atomic E-state index is -0.428. The van der Waals surface area contributed by atoms with Gasteiger partial charge in [-0.1, -0.05) is 59.2 Å². The Morgan fingerprint density at radius 1 is 1.23 bits per heavy atom. The Morgan fingerprint density at radius 3 is 2.81 bits per heavy atom. The molecule has 134 valence electrons. The normalized spacial score (nSPS) is 11.9. The molecule has 1 atom stereocenters. The van der Waals surface area contributed by atoms with E-state index < -0.39 is 6.04 Å². The highest BCUT2D eigenvalue weighted by Gasteiger charge is 2.17. The molecule has 1 N–H and O–H groups in total. The topological polar surface area (TPSA) is 77.2 Å². The van der Waals surface area contributed by atoms with Crippen molar-refractivity contribution in [1.82, 2.24) is 15.5 Å². The first-order valence-electron chi connectivity index (χ1n) is 8.12. The van der Waals surface area contributed by atoms with Crippen LogP contribution >= 0.6 is 11.6 Å².